The summed E-state index contributed by atoms with van der Waals surface area (Å²) in [5, 5.41) is 0. The first-order chi connectivity index (χ1) is 6.68. The summed E-state index contributed by atoms with van der Waals surface area (Å²) in [5.74, 6) is 0.453. The van der Waals surface area contributed by atoms with Gasteiger partial charge in [0.05, 0.1) is 17.9 Å². The number of aliphatic imine (C=N–C) groups is 1. The first-order valence-corrected chi connectivity index (χ1v) is 4.38. The second kappa shape index (κ2) is 3.14. The monoisotopic (exact) mass is 189 g/mol. The minimum Gasteiger partial charge on any atom is -0.386 e. The Labute approximate surface area is 82.0 Å². The van der Waals surface area contributed by atoms with Crippen molar-refractivity contribution in [2.75, 3.05) is 11.4 Å². The summed E-state index contributed by atoms with van der Waals surface area (Å²) >= 11 is 0. The molecular weight excluding hydrogens is 178 g/mol. The van der Waals surface area contributed by atoms with Crippen molar-refractivity contribution in [1.82, 2.24) is 0 Å². The van der Waals surface area contributed by atoms with E-state index in [0.717, 1.165) is 11.4 Å². The van der Waals surface area contributed by atoms with Gasteiger partial charge in [0, 0.05) is 6.92 Å². The van der Waals surface area contributed by atoms with E-state index in [4.69, 9.17) is 5.73 Å². The van der Waals surface area contributed by atoms with Crippen LogP contribution in [0.4, 0.5) is 11.4 Å². The Morgan fingerprint density at radius 1 is 1.50 bits per heavy atom. The van der Waals surface area contributed by atoms with E-state index in [2.05, 4.69) is 4.99 Å². The molecule has 2 rings (SSSR count). The van der Waals surface area contributed by atoms with Crippen molar-refractivity contribution in [2.45, 2.75) is 6.92 Å². The molecule has 0 saturated carbocycles. The molecule has 1 aromatic carbocycles. The molecule has 0 spiro atoms. The fraction of sp³-hybridized carbons (Fsp3) is 0.200. The van der Waals surface area contributed by atoms with Gasteiger partial charge in [-0.3, -0.25) is 4.79 Å². The maximum Gasteiger partial charge on any atom is 0.224 e. The fourth-order valence-electron chi connectivity index (χ4n) is 1.51. The van der Waals surface area contributed by atoms with Crippen LogP contribution in [0, 0.1) is 0 Å². The van der Waals surface area contributed by atoms with Gasteiger partial charge in [0.25, 0.3) is 0 Å². The molecule has 0 saturated heterocycles. The van der Waals surface area contributed by atoms with Crippen molar-refractivity contribution >= 4 is 23.1 Å². The molecule has 72 valence electrons. The van der Waals surface area contributed by atoms with Crippen LogP contribution in [0.5, 0.6) is 0 Å². The molecule has 1 aliphatic heterocycles. The highest BCUT2D eigenvalue weighted by molar-refractivity contribution is 6.04. The van der Waals surface area contributed by atoms with Crippen LogP contribution in [-0.4, -0.2) is 18.3 Å². The Balaban J connectivity index is 2.53. The second-order valence-electron chi connectivity index (χ2n) is 3.20. The molecule has 0 unspecified atom stereocenters. The largest absolute Gasteiger partial charge is 0.386 e. The summed E-state index contributed by atoms with van der Waals surface area (Å²) in [6, 6.07) is 7.47. The number of hydrogen-bond donors (Lipinski definition) is 1. The number of amides is 1. The molecule has 0 radical (unpaired) electrons. The zero-order chi connectivity index (χ0) is 10.1. The lowest BCUT2D eigenvalue weighted by atomic mass is 10.2. The summed E-state index contributed by atoms with van der Waals surface area (Å²) in [4.78, 5) is 17.1. The fourth-order valence-corrected chi connectivity index (χ4v) is 1.51. The van der Waals surface area contributed by atoms with E-state index >= 15 is 0 Å². The number of anilines is 1. The molecule has 1 aliphatic rings. The van der Waals surface area contributed by atoms with Crippen LogP contribution in [0.1, 0.15) is 6.92 Å². The molecule has 14 heavy (non-hydrogen) atoms. The molecule has 0 atom stereocenters. The van der Waals surface area contributed by atoms with Crippen LogP contribution in [0.25, 0.3) is 0 Å². The number of hydrogen-bond acceptors (Lipinski definition) is 3. The standard InChI is InChI=1S/C10H11N3O/c1-7(14)13-6-10(11)12-8-4-2-3-5-9(8)13/h2-5H,6H2,1H3,(H2,11,12). The van der Waals surface area contributed by atoms with E-state index in [1.165, 1.54) is 6.92 Å². The Bertz CT molecular complexity index is 412. The number of fused-ring (bicyclic) bond motifs is 1. The topological polar surface area (TPSA) is 58.7 Å². The molecule has 0 bridgehead atoms. The zero-order valence-corrected chi connectivity index (χ0v) is 7.90. The van der Waals surface area contributed by atoms with Crippen molar-refractivity contribution in [3.05, 3.63) is 24.3 Å². The number of rotatable bonds is 0. The van der Waals surface area contributed by atoms with Gasteiger partial charge in [-0.05, 0) is 12.1 Å². The maximum absolute atomic E-state index is 11.3. The van der Waals surface area contributed by atoms with Gasteiger partial charge >= 0.3 is 0 Å². The molecular formula is C10H11N3O. The van der Waals surface area contributed by atoms with E-state index in [1.54, 1.807) is 4.90 Å². The molecule has 0 fully saturated rings. The number of benzene rings is 1. The minimum atomic E-state index is -0.0182. The Morgan fingerprint density at radius 3 is 2.93 bits per heavy atom. The van der Waals surface area contributed by atoms with Crippen molar-refractivity contribution in [2.24, 2.45) is 10.7 Å². The van der Waals surface area contributed by atoms with Gasteiger partial charge in [-0.2, -0.15) is 0 Å². The van der Waals surface area contributed by atoms with Crippen molar-refractivity contribution in [3.8, 4) is 0 Å². The van der Waals surface area contributed by atoms with Crippen molar-refractivity contribution < 1.29 is 4.79 Å². The third-order valence-electron chi connectivity index (χ3n) is 2.14. The highest BCUT2D eigenvalue weighted by Crippen LogP contribution is 2.30. The number of nitrogens with two attached hydrogens (primary N) is 1. The number of amidine groups is 1. The molecule has 1 aromatic rings. The van der Waals surface area contributed by atoms with Crippen LogP contribution in [0.2, 0.25) is 0 Å². The third-order valence-corrected chi connectivity index (χ3v) is 2.14. The van der Waals surface area contributed by atoms with Gasteiger partial charge in [-0.15, -0.1) is 0 Å². The lowest BCUT2D eigenvalue weighted by Crippen LogP contribution is -2.39. The SMILES string of the molecule is CC(=O)N1CC(N)=Nc2ccccc21. The first kappa shape index (κ1) is 8.74. The summed E-state index contributed by atoms with van der Waals surface area (Å²) in [6.07, 6.45) is 0. The Morgan fingerprint density at radius 2 is 2.21 bits per heavy atom. The van der Waals surface area contributed by atoms with E-state index in [0.29, 0.717) is 12.4 Å². The quantitative estimate of drug-likeness (QED) is 0.663. The van der Waals surface area contributed by atoms with Crippen LogP contribution in [0.3, 0.4) is 0 Å². The zero-order valence-electron chi connectivity index (χ0n) is 7.90. The van der Waals surface area contributed by atoms with Crippen LogP contribution >= 0.6 is 0 Å². The number of carbonyl (C=O) groups is 1. The minimum absolute atomic E-state index is 0.0182. The summed E-state index contributed by atoms with van der Waals surface area (Å²) in [5.41, 5.74) is 7.22. The molecule has 4 heteroatoms. The van der Waals surface area contributed by atoms with Gasteiger partial charge < -0.3 is 10.6 Å². The molecule has 0 aliphatic carbocycles. The summed E-state index contributed by atoms with van der Waals surface area (Å²) in [6.45, 7) is 1.90. The van der Waals surface area contributed by atoms with Gasteiger partial charge in [-0.25, -0.2) is 4.99 Å². The molecule has 0 aromatic heterocycles. The van der Waals surface area contributed by atoms with E-state index in [9.17, 15) is 4.79 Å². The molecule has 2 N–H and O–H groups in total. The van der Waals surface area contributed by atoms with Crippen molar-refractivity contribution in [1.29, 1.82) is 0 Å². The van der Waals surface area contributed by atoms with Crippen LogP contribution in [-0.2, 0) is 4.79 Å². The molecule has 1 heterocycles. The first-order valence-electron chi connectivity index (χ1n) is 4.38. The maximum atomic E-state index is 11.3. The number of nitrogens with zero attached hydrogens (tertiary/aromatic N) is 2. The van der Waals surface area contributed by atoms with Crippen LogP contribution in [0.15, 0.2) is 29.3 Å². The van der Waals surface area contributed by atoms with E-state index < -0.39 is 0 Å². The average Bonchev–Trinajstić information content (AvgIpc) is 2.16. The van der Waals surface area contributed by atoms with E-state index in [-0.39, 0.29) is 5.91 Å². The van der Waals surface area contributed by atoms with E-state index in [1.807, 2.05) is 24.3 Å². The summed E-state index contributed by atoms with van der Waals surface area (Å²) in [7, 11) is 0. The van der Waals surface area contributed by atoms with Crippen molar-refractivity contribution in [3.63, 3.8) is 0 Å². The smallest absolute Gasteiger partial charge is 0.224 e. The lowest BCUT2D eigenvalue weighted by Gasteiger charge is -2.25. The van der Waals surface area contributed by atoms with Gasteiger partial charge in [-0.1, -0.05) is 12.1 Å². The molecule has 4 nitrogen and oxygen atoms in total. The third kappa shape index (κ3) is 1.35. The Kier molecular flexibility index (Phi) is 1.96. The van der Waals surface area contributed by atoms with Gasteiger partial charge in [0.15, 0.2) is 0 Å². The highest BCUT2D eigenvalue weighted by Gasteiger charge is 2.19. The lowest BCUT2D eigenvalue weighted by molar-refractivity contribution is -0.116. The highest BCUT2D eigenvalue weighted by atomic mass is 16.2. The number of para-hydroxylation sites is 2. The van der Waals surface area contributed by atoms with Gasteiger partial charge in [0.1, 0.15) is 5.84 Å². The predicted octanol–water partition coefficient (Wildman–Crippen LogP) is 1.04. The predicted molar refractivity (Wildman–Crippen MR) is 55.8 cm³/mol. The van der Waals surface area contributed by atoms with Crippen LogP contribution < -0.4 is 10.6 Å². The summed E-state index contributed by atoms with van der Waals surface area (Å²) < 4.78 is 0. The second-order valence-corrected chi connectivity index (χ2v) is 3.20. The number of carbonyl (C=O) groups excluding carboxylic acids is 1. The normalized spacial score (nSPS) is 14.6. The van der Waals surface area contributed by atoms with Gasteiger partial charge in [0.2, 0.25) is 5.91 Å². The average molecular weight is 189 g/mol. The Hall–Kier alpha value is -1.84. The molecule has 1 amide bonds.